The second-order valence-electron chi connectivity index (χ2n) is 6.52. The Hall–Kier alpha value is -2.14. The van der Waals surface area contributed by atoms with E-state index in [1.807, 2.05) is 12.3 Å². The van der Waals surface area contributed by atoms with E-state index < -0.39 is 0 Å². The summed E-state index contributed by atoms with van der Waals surface area (Å²) >= 11 is 0. The van der Waals surface area contributed by atoms with Gasteiger partial charge in [0.1, 0.15) is 5.82 Å². The zero-order chi connectivity index (χ0) is 16.8. The molecule has 0 spiro atoms. The number of hydrogen-bond donors (Lipinski definition) is 1. The molecule has 1 aliphatic heterocycles. The molecule has 0 atom stereocenters. The lowest BCUT2D eigenvalue weighted by atomic mass is 9.97. The van der Waals surface area contributed by atoms with Crippen molar-refractivity contribution >= 4 is 5.91 Å². The fourth-order valence-corrected chi connectivity index (χ4v) is 3.11. The summed E-state index contributed by atoms with van der Waals surface area (Å²) in [6.07, 6.45) is 5.95. The molecule has 5 heteroatoms. The van der Waals surface area contributed by atoms with Gasteiger partial charge in [0.15, 0.2) is 0 Å². The molecule has 2 heterocycles. The number of amides is 1. The minimum atomic E-state index is 0.0853. The van der Waals surface area contributed by atoms with Crippen LogP contribution in [0, 0.1) is 5.92 Å². The van der Waals surface area contributed by atoms with Crippen molar-refractivity contribution < 1.29 is 4.79 Å². The topological polar surface area (TPSA) is 50.2 Å². The van der Waals surface area contributed by atoms with Crippen molar-refractivity contribution in [1.29, 1.82) is 0 Å². The average molecular weight is 326 g/mol. The Morgan fingerprint density at radius 3 is 2.83 bits per heavy atom. The Labute approximate surface area is 143 Å². The normalized spacial score (nSPS) is 15.2. The minimum absolute atomic E-state index is 0.0853. The Balaban J connectivity index is 1.43. The van der Waals surface area contributed by atoms with Gasteiger partial charge in [0.2, 0.25) is 5.91 Å². The van der Waals surface area contributed by atoms with Crippen LogP contribution in [0.3, 0.4) is 0 Å². The standard InChI is InChI=1S/C19H26N4O/c1-2-16-13-22(14-16)15-19(24)21-12-18-20-9-11-23(18)10-8-17-6-4-3-5-7-17/h3-7,9,11,16H,2,8,10,12-15H2,1H3,(H,21,24). The van der Waals surface area contributed by atoms with Crippen LogP contribution in [-0.2, 0) is 24.3 Å². The van der Waals surface area contributed by atoms with Gasteiger partial charge >= 0.3 is 0 Å². The van der Waals surface area contributed by atoms with Crippen molar-refractivity contribution in [1.82, 2.24) is 19.8 Å². The monoisotopic (exact) mass is 326 g/mol. The Morgan fingerprint density at radius 1 is 1.29 bits per heavy atom. The summed E-state index contributed by atoms with van der Waals surface area (Å²) in [5, 5.41) is 2.99. The first-order valence-corrected chi connectivity index (χ1v) is 8.77. The molecular formula is C19H26N4O. The molecule has 0 radical (unpaired) electrons. The predicted octanol–water partition coefficient (Wildman–Crippen LogP) is 2.08. The van der Waals surface area contributed by atoms with Gasteiger partial charge in [-0.05, 0) is 17.9 Å². The maximum Gasteiger partial charge on any atom is 0.234 e. The molecule has 2 aromatic rings. The molecule has 0 saturated carbocycles. The highest BCUT2D eigenvalue weighted by atomic mass is 16.2. The number of aryl methyl sites for hydroxylation is 2. The van der Waals surface area contributed by atoms with E-state index in [1.54, 1.807) is 6.20 Å². The third kappa shape index (κ3) is 4.45. The molecule has 24 heavy (non-hydrogen) atoms. The molecule has 0 unspecified atom stereocenters. The summed E-state index contributed by atoms with van der Waals surface area (Å²) in [4.78, 5) is 18.6. The number of likely N-dealkylation sites (tertiary alicyclic amines) is 1. The Morgan fingerprint density at radius 2 is 2.08 bits per heavy atom. The number of nitrogens with zero attached hydrogens (tertiary/aromatic N) is 3. The van der Waals surface area contributed by atoms with Crippen LogP contribution in [0.5, 0.6) is 0 Å². The Kier molecular flexibility index (Phi) is 5.64. The van der Waals surface area contributed by atoms with Crippen molar-refractivity contribution in [3.8, 4) is 0 Å². The average Bonchev–Trinajstić information content (AvgIpc) is 3.02. The van der Waals surface area contributed by atoms with Crippen molar-refractivity contribution in [2.45, 2.75) is 32.9 Å². The number of hydrogen-bond acceptors (Lipinski definition) is 3. The van der Waals surface area contributed by atoms with Crippen LogP contribution in [0.15, 0.2) is 42.7 Å². The molecule has 1 aromatic heterocycles. The molecule has 0 aliphatic carbocycles. The van der Waals surface area contributed by atoms with Crippen LogP contribution in [0.25, 0.3) is 0 Å². The second-order valence-corrected chi connectivity index (χ2v) is 6.52. The third-order valence-corrected chi connectivity index (χ3v) is 4.71. The van der Waals surface area contributed by atoms with Crippen molar-refractivity contribution in [2.75, 3.05) is 19.6 Å². The van der Waals surface area contributed by atoms with Crippen LogP contribution >= 0.6 is 0 Å². The SMILES string of the molecule is CCC1CN(CC(=O)NCc2nccn2CCc2ccccc2)C1. The summed E-state index contributed by atoms with van der Waals surface area (Å²) in [5.74, 6) is 1.77. The lowest BCUT2D eigenvalue weighted by molar-refractivity contribution is -0.124. The number of carbonyl (C=O) groups excluding carboxylic acids is 1. The van der Waals surface area contributed by atoms with E-state index in [-0.39, 0.29) is 5.91 Å². The van der Waals surface area contributed by atoms with Crippen molar-refractivity contribution in [3.63, 3.8) is 0 Å². The summed E-state index contributed by atoms with van der Waals surface area (Å²) in [6.45, 7) is 6.18. The molecule has 1 aromatic carbocycles. The van der Waals surface area contributed by atoms with Crippen LogP contribution < -0.4 is 5.32 Å². The molecule has 0 bridgehead atoms. The first kappa shape index (κ1) is 16.7. The van der Waals surface area contributed by atoms with E-state index in [4.69, 9.17) is 0 Å². The predicted molar refractivity (Wildman–Crippen MR) is 94.4 cm³/mol. The summed E-state index contributed by atoms with van der Waals surface area (Å²) in [7, 11) is 0. The molecule has 1 N–H and O–H groups in total. The van der Waals surface area contributed by atoms with Crippen molar-refractivity contribution in [3.05, 3.63) is 54.1 Å². The quantitative estimate of drug-likeness (QED) is 0.808. The van der Waals surface area contributed by atoms with Gasteiger partial charge in [0.25, 0.3) is 0 Å². The summed E-state index contributed by atoms with van der Waals surface area (Å²) in [5.41, 5.74) is 1.31. The zero-order valence-electron chi connectivity index (χ0n) is 14.3. The van der Waals surface area contributed by atoms with Crippen molar-refractivity contribution in [2.24, 2.45) is 5.92 Å². The number of imidazole rings is 1. The number of rotatable bonds is 8. The van der Waals surface area contributed by atoms with E-state index in [2.05, 4.69) is 51.0 Å². The maximum atomic E-state index is 12.0. The molecule has 1 amide bonds. The molecular weight excluding hydrogens is 300 g/mol. The second kappa shape index (κ2) is 8.11. The van der Waals surface area contributed by atoms with Crippen LogP contribution in [-0.4, -0.2) is 40.0 Å². The van der Waals surface area contributed by atoms with E-state index in [0.717, 1.165) is 37.8 Å². The number of carbonyl (C=O) groups is 1. The van der Waals surface area contributed by atoms with Crippen LogP contribution in [0.1, 0.15) is 24.7 Å². The van der Waals surface area contributed by atoms with Crippen LogP contribution in [0.4, 0.5) is 0 Å². The number of nitrogens with one attached hydrogen (secondary N) is 1. The summed E-state index contributed by atoms with van der Waals surface area (Å²) < 4.78 is 2.12. The van der Waals surface area contributed by atoms with E-state index in [9.17, 15) is 4.79 Å². The fraction of sp³-hybridized carbons (Fsp3) is 0.474. The maximum absolute atomic E-state index is 12.0. The van der Waals surface area contributed by atoms with Gasteiger partial charge in [-0.25, -0.2) is 4.98 Å². The highest BCUT2D eigenvalue weighted by molar-refractivity contribution is 5.78. The molecule has 3 rings (SSSR count). The highest BCUT2D eigenvalue weighted by Gasteiger charge is 2.26. The fourth-order valence-electron chi connectivity index (χ4n) is 3.11. The number of aromatic nitrogens is 2. The lowest BCUT2D eigenvalue weighted by Crippen LogP contribution is -2.50. The zero-order valence-corrected chi connectivity index (χ0v) is 14.3. The van der Waals surface area contributed by atoms with Gasteiger partial charge < -0.3 is 9.88 Å². The summed E-state index contributed by atoms with van der Waals surface area (Å²) in [6, 6.07) is 10.4. The molecule has 1 aliphatic rings. The van der Waals surface area contributed by atoms with Gasteiger partial charge in [0, 0.05) is 32.0 Å². The van der Waals surface area contributed by atoms with Crippen LogP contribution in [0.2, 0.25) is 0 Å². The Bertz CT molecular complexity index is 646. The highest BCUT2D eigenvalue weighted by Crippen LogP contribution is 2.17. The van der Waals surface area contributed by atoms with Gasteiger partial charge in [-0.15, -0.1) is 0 Å². The molecule has 1 fully saturated rings. The van der Waals surface area contributed by atoms with E-state index >= 15 is 0 Å². The molecule has 1 saturated heterocycles. The number of benzene rings is 1. The van der Waals surface area contributed by atoms with Gasteiger partial charge in [-0.3, -0.25) is 9.69 Å². The third-order valence-electron chi connectivity index (χ3n) is 4.71. The first-order chi connectivity index (χ1) is 11.7. The van der Waals surface area contributed by atoms with E-state index in [0.29, 0.717) is 13.1 Å². The van der Waals surface area contributed by atoms with Gasteiger partial charge in [0.05, 0.1) is 13.1 Å². The molecule has 5 nitrogen and oxygen atoms in total. The molecule has 128 valence electrons. The smallest absolute Gasteiger partial charge is 0.234 e. The lowest BCUT2D eigenvalue weighted by Gasteiger charge is -2.38. The minimum Gasteiger partial charge on any atom is -0.348 e. The van der Waals surface area contributed by atoms with E-state index in [1.165, 1.54) is 12.0 Å². The van der Waals surface area contributed by atoms with Gasteiger partial charge in [-0.1, -0.05) is 43.7 Å². The largest absolute Gasteiger partial charge is 0.348 e. The first-order valence-electron chi connectivity index (χ1n) is 8.77. The van der Waals surface area contributed by atoms with Gasteiger partial charge in [-0.2, -0.15) is 0 Å².